The first-order valence-electron chi connectivity index (χ1n) is 7.21. The topological polar surface area (TPSA) is 37.9 Å². The lowest BCUT2D eigenvalue weighted by Gasteiger charge is -2.31. The molecule has 0 bridgehead atoms. The normalized spacial score (nSPS) is 20.6. The summed E-state index contributed by atoms with van der Waals surface area (Å²) in [5.41, 5.74) is 2.42. The molecule has 3 aromatic rings. The number of aromatic nitrogens is 2. The third kappa shape index (κ3) is 2.21. The van der Waals surface area contributed by atoms with Gasteiger partial charge in [0.1, 0.15) is 17.7 Å². The molecule has 0 radical (unpaired) electrons. The van der Waals surface area contributed by atoms with Gasteiger partial charge in [0.2, 0.25) is 0 Å². The third-order valence-corrected chi connectivity index (χ3v) is 4.03. The maximum Gasteiger partial charge on any atom is 0.125 e. The van der Waals surface area contributed by atoms with Crippen molar-refractivity contribution in [3.63, 3.8) is 0 Å². The molecule has 1 N–H and O–H groups in total. The van der Waals surface area contributed by atoms with E-state index in [1.54, 1.807) is 0 Å². The number of imidazole rings is 1. The van der Waals surface area contributed by atoms with Gasteiger partial charge in [-0.2, -0.15) is 0 Å². The Bertz CT molecular complexity index is 722. The number of ether oxygens (including phenoxy) is 1. The van der Waals surface area contributed by atoms with Gasteiger partial charge in [-0.05, 0) is 11.6 Å². The summed E-state index contributed by atoms with van der Waals surface area (Å²) in [6.45, 7) is 0. The Morgan fingerprint density at radius 3 is 2.62 bits per heavy atom. The lowest BCUT2D eigenvalue weighted by atomic mass is 9.87. The minimum Gasteiger partial charge on any atom is -0.485 e. The van der Waals surface area contributed by atoms with E-state index in [4.69, 9.17) is 4.74 Å². The van der Waals surface area contributed by atoms with E-state index in [2.05, 4.69) is 46.4 Å². The summed E-state index contributed by atoms with van der Waals surface area (Å²) in [4.78, 5) is 7.71. The number of benzene rings is 2. The first kappa shape index (κ1) is 12.2. The molecule has 3 heteroatoms. The van der Waals surface area contributed by atoms with Crippen molar-refractivity contribution in [2.45, 2.75) is 18.4 Å². The average molecular weight is 276 g/mol. The minimum absolute atomic E-state index is 0.0659. The summed E-state index contributed by atoms with van der Waals surface area (Å²) in [5, 5.41) is 0. The summed E-state index contributed by atoms with van der Waals surface area (Å²) < 4.78 is 6.20. The van der Waals surface area contributed by atoms with E-state index in [9.17, 15) is 0 Å². The quantitative estimate of drug-likeness (QED) is 0.766. The fraction of sp³-hybridized carbons (Fsp3) is 0.167. The van der Waals surface area contributed by atoms with Gasteiger partial charge in [-0.15, -0.1) is 0 Å². The molecule has 4 rings (SSSR count). The predicted octanol–water partition coefficient (Wildman–Crippen LogP) is 4.07. The molecule has 2 unspecified atom stereocenters. The van der Waals surface area contributed by atoms with E-state index < -0.39 is 0 Å². The maximum absolute atomic E-state index is 6.20. The van der Waals surface area contributed by atoms with Crippen molar-refractivity contribution in [1.29, 1.82) is 0 Å². The summed E-state index contributed by atoms with van der Waals surface area (Å²) in [7, 11) is 0. The van der Waals surface area contributed by atoms with Crippen molar-refractivity contribution in [1.82, 2.24) is 9.97 Å². The van der Waals surface area contributed by atoms with Crippen LogP contribution in [0.1, 0.15) is 35.4 Å². The molecule has 0 spiro atoms. The summed E-state index contributed by atoms with van der Waals surface area (Å²) >= 11 is 0. The molecule has 2 aromatic carbocycles. The second-order valence-corrected chi connectivity index (χ2v) is 5.32. The van der Waals surface area contributed by atoms with Crippen LogP contribution in [0.2, 0.25) is 0 Å². The first-order valence-corrected chi connectivity index (χ1v) is 7.21. The SMILES string of the molecule is c1ccc(C2CC(c3ncc[nH]3)c3ccccc3O2)cc1. The van der Waals surface area contributed by atoms with E-state index >= 15 is 0 Å². The molecule has 0 aliphatic carbocycles. The van der Waals surface area contributed by atoms with Crippen molar-refractivity contribution < 1.29 is 4.74 Å². The smallest absolute Gasteiger partial charge is 0.125 e. The van der Waals surface area contributed by atoms with Gasteiger partial charge in [-0.25, -0.2) is 4.98 Å². The van der Waals surface area contributed by atoms with Gasteiger partial charge in [-0.1, -0.05) is 48.5 Å². The van der Waals surface area contributed by atoms with E-state index in [1.165, 1.54) is 11.1 Å². The molecule has 0 fully saturated rings. The monoisotopic (exact) mass is 276 g/mol. The van der Waals surface area contributed by atoms with E-state index in [-0.39, 0.29) is 12.0 Å². The third-order valence-electron chi connectivity index (χ3n) is 4.03. The van der Waals surface area contributed by atoms with Crippen molar-refractivity contribution in [3.05, 3.63) is 83.9 Å². The molecule has 0 saturated carbocycles. The number of H-pyrrole nitrogens is 1. The van der Waals surface area contributed by atoms with Crippen molar-refractivity contribution >= 4 is 0 Å². The van der Waals surface area contributed by atoms with E-state index in [0.717, 1.165) is 18.0 Å². The molecule has 0 amide bonds. The molecule has 21 heavy (non-hydrogen) atoms. The number of nitrogens with one attached hydrogen (secondary N) is 1. The highest BCUT2D eigenvalue weighted by Gasteiger charge is 2.31. The highest BCUT2D eigenvalue weighted by Crippen LogP contribution is 2.43. The fourth-order valence-corrected chi connectivity index (χ4v) is 3.02. The molecule has 2 atom stereocenters. The maximum atomic E-state index is 6.20. The Morgan fingerprint density at radius 1 is 1.00 bits per heavy atom. The van der Waals surface area contributed by atoms with Gasteiger partial charge >= 0.3 is 0 Å². The molecule has 1 aromatic heterocycles. The number of rotatable bonds is 2. The van der Waals surface area contributed by atoms with Gasteiger partial charge in [-0.3, -0.25) is 0 Å². The van der Waals surface area contributed by atoms with Crippen LogP contribution in [0.4, 0.5) is 0 Å². The zero-order valence-corrected chi connectivity index (χ0v) is 11.6. The summed E-state index contributed by atoms with van der Waals surface area (Å²) in [6.07, 6.45) is 4.65. The van der Waals surface area contributed by atoms with Crippen LogP contribution in [0.3, 0.4) is 0 Å². The number of para-hydroxylation sites is 1. The lowest BCUT2D eigenvalue weighted by Crippen LogP contribution is -2.20. The standard InChI is InChI=1S/C18H16N2O/c1-2-6-13(7-3-1)17-12-15(18-19-10-11-20-18)14-8-4-5-9-16(14)21-17/h1-11,15,17H,12H2,(H,19,20). The van der Waals surface area contributed by atoms with Crippen LogP contribution in [-0.4, -0.2) is 9.97 Å². The van der Waals surface area contributed by atoms with Gasteiger partial charge in [0.25, 0.3) is 0 Å². The first-order chi connectivity index (χ1) is 10.4. The van der Waals surface area contributed by atoms with Gasteiger partial charge in [0.15, 0.2) is 0 Å². The molecule has 1 aliphatic heterocycles. The van der Waals surface area contributed by atoms with Crippen LogP contribution in [0, 0.1) is 0 Å². The number of aromatic amines is 1. The molecular weight excluding hydrogens is 260 g/mol. The zero-order chi connectivity index (χ0) is 14.1. The Labute approximate surface area is 123 Å². The highest BCUT2D eigenvalue weighted by molar-refractivity contribution is 5.42. The Balaban J connectivity index is 1.77. The van der Waals surface area contributed by atoms with Crippen molar-refractivity contribution in [2.75, 3.05) is 0 Å². The second-order valence-electron chi connectivity index (χ2n) is 5.32. The number of fused-ring (bicyclic) bond motifs is 1. The van der Waals surface area contributed by atoms with E-state index in [1.807, 2.05) is 30.6 Å². The number of nitrogens with zero attached hydrogens (tertiary/aromatic N) is 1. The molecule has 0 saturated heterocycles. The Hall–Kier alpha value is -2.55. The minimum atomic E-state index is 0.0659. The summed E-state index contributed by atoms with van der Waals surface area (Å²) in [6, 6.07) is 18.6. The van der Waals surface area contributed by atoms with Gasteiger partial charge in [0, 0.05) is 30.3 Å². The lowest BCUT2D eigenvalue weighted by molar-refractivity contribution is 0.166. The second kappa shape index (κ2) is 5.09. The number of hydrogen-bond donors (Lipinski definition) is 1. The Kier molecular flexibility index (Phi) is 2.96. The van der Waals surface area contributed by atoms with Gasteiger partial charge in [0.05, 0.1) is 0 Å². The highest BCUT2D eigenvalue weighted by atomic mass is 16.5. The van der Waals surface area contributed by atoms with Crippen LogP contribution < -0.4 is 4.74 Å². The summed E-state index contributed by atoms with van der Waals surface area (Å²) in [5.74, 6) is 2.21. The predicted molar refractivity (Wildman–Crippen MR) is 81.3 cm³/mol. The average Bonchev–Trinajstić information content (AvgIpc) is 3.09. The van der Waals surface area contributed by atoms with Gasteiger partial charge < -0.3 is 9.72 Å². The molecule has 3 nitrogen and oxygen atoms in total. The van der Waals surface area contributed by atoms with Crippen molar-refractivity contribution in [2.24, 2.45) is 0 Å². The van der Waals surface area contributed by atoms with Crippen LogP contribution in [-0.2, 0) is 0 Å². The van der Waals surface area contributed by atoms with Crippen LogP contribution >= 0.6 is 0 Å². The molecule has 1 aliphatic rings. The van der Waals surface area contributed by atoms with E-state index in [0.29, 0.717) is 0 Å². The largest absolute Gasteiger partial charge is 0.485 e. The molecular formula is C18H16N2O. The molecule has 104 valence electrons. The van der Waals surface area contributed by atoms with Crippen molar-refractivity contribution in [3.8, 4) is 5.75 Å². The van der Waals surface area contributed by atoms with Crippen LogP contribution in [0.25, 0.3) is 0 Å². The Morgan fingerprint density at radius 2 is 1.81 bits per heavy atom. The number of hydrogen-bond acceptors (Lipinski definition) is 2. The fourth-order valence-electron chi connectivity index (χ4n) is 3.02. The zero-order valence-electron chi connectivity index (χ0n) is 11.6. The van der Waals surface area contributed by atoms with Crippen LogP contribution in [0.15, 0.2) is 67.0 Å². The molecule has 2 heterocycles. The van der Waals surface area contributed by atoms with Crippen LogP contribution in [0.5, 0.6) is 5.75 Å².